The van der Waals surface area contributed by atoms with Crippen molar-refractivity contribution in [1.82, 2.24) is 24.4 Å². The summed E-state index contributed by atoms with van der Waals surface area (Å²) in [7, 11) is 1.84. The van der Waals surface area contributed by atoms with Crippen LogP contribution in [0.15, 0.2) is 41.3 Å². The van der Waals surface area contributed by atoms with Crippen LogP contribution in [0, 0.1) is 18.6 Å². The fraction of sp³-hybridized carbons (Fsp3) is 0.321. The summed E-state index contributed by atoms with van der Waals surface area (Å²) >= 11 is 0. The van der Waals surface area contributed by atoms with Gasteiger partial charge in [-0.05, 0) is 49.7 Å². The second kappa shape index (κ2) is 10.3. The largest absolute Gasteiger partial charge is 0.507 e. The van der Waals surface area contributed by atoms with Crippen molar-refractivity contribution in [2.45, 2.75) is 32.7 Å². The summed E-state index contributed by atoms with van der Waals surface area (Å²) in [6.45, 7) is 6.72. The molecule has 0 saturated carbocycles. The normalized spacial score (nSPS) is 16.2. The fourth-order valence-electron chi connectivity index (χ4n) is 5.15. The summed E-state index contributed by atoms with van der Waals surface area (Å²) in [4.78, 5) is 43.0. The lowest BCUT2D eigenvalue weighted by molar-refractivity contribution is -0.120. The zero-order valence-corrected chi connectivity index (χ0v) is 22.5. The maximum Gasteiger partial charge on any atom is 0.355 e. The number of halogens is 2. The van der Waals surface area contributed by atoms with Crippen LogP contribution in [0.1, 0.15) is 31.0 Å². The number of hydrogen-bond donors (Lipinski definition) is 2. The molecule has 1 saturated heterocycles. The van der Waals surface area contributed by atoms with E-state index in [4.69, 9.17) is 5.73 Å². The Bertz CT molecular complexity index is 1690. The number of primary amides is 1. The molecule has 4 aromatic rings. The highest BCUT2D eigenvalue weighted by Gasteiger charge is 2.33. The molecule has 12 heteroatoms. The number of piperazine rings is 1. The van der Waals surface area contributed by atoms with Crippen molar-refractivity contribution in [2.75, 3.05) is 31.6 Å². The van der Waals surface area contributed by atoms with Crippen molar-refractivity contribution >= 4 is 22.8 Å². The molecule has 40 heavy (non-hydrogen) atoms. The SMILES string of the molecule is Cc1ccnc(C(C)C)c1-n1c(=O)nc(N2CCN(C)CC2C(N)=O)c2cc(F)c(-c3c(O)cccc3F)nc21. The first-order valence-corrected chi connectivity index (χ1v) is 12.8. The topological polar surface area (TPSA) is 130 Å². The summed E-state index contributed by atoms with van der Waals surface area (Å²) in [6, 6.07) is 5.57. The minimum atomic E-state index is -0.946. The number of phenols is 1. The van der Waals surface area contributed by atoms with Crippen molar-refractivity contribution in [3.05, 3.63) is 69.9 Å². The Labute approximate surface area is 228 Å². The predicted octanol–water partition coefficient (Wildman–Crippen LogP) is 2.86. The van der Waals surface area contributed by atoms with Gasteiger partial charge in [-0.3, -0.25) is 9.78 Å². The minimum absolute atomic E-state index is 0.0331. The summed E-state index contributed by atoms with van der Waals surface area (Å²) < 4.78 is 31.9. The van der Waals surface area contributed by atoms with Gasteiger partial charge >= 0.3 is 5.69 Å². The van der Waals surface area contributed by atoms with E-state index in [0.717, 1.165) is 12.1 Å². The molecule has 208 valence electrons. The molecular formula is C28H29F2N7O3. The number of rotatable bonds is 5. The van der Waals surface area contributed by atoms with Gasteiger partial charge in [0.15, 0.2) is 11.5 Å². The van der Waals surface area contributed by atoms with Gasteiger partial charge in [0.25, 0.3) is 0 Å². The van der Waals surface area contributed by atoms with Crippen molar-refractivity contribution in [3.63, 3.8) is 0 Å². The predicted molar refractivity (Wildman–Crippen MR) is 147 cm³/mol. The van der Waals surface area contributed by atoms with E-state index in [1.165, 1.54) is 16.7 Å². The number of nitrogens with zero attached hydrogens (tertiary/aromatic N) is 6. The first-order chi connectivity index (χ1) is 19.0. The smallest absolute Gasteiger partial charge is 0.355 e. The van der Waals surface area contributed by atoms with Gasteiger partial charge in [0, 0.05) is 25.8 Å². The molecule has 1 atom stereocenters. The highest BCUT2D eigenvalue weighted by Crippen LogP contribution is 2.36. The number of pyridine rings is 2. The van der Waals surface area contributed by atoms with Gasteiger partial charge in [0.1, 0.15) is 29.1 Å². The molecule has 4 heterocycles. The summed E-state index contributed by atoms with van der Waals surface area (Å²) in [5.74, 6) is -3.04. The number of phenolic OH excluding ortho intramolecular Hbond substituents is 1. The molecule has 1 aliphatic heterocycles. The highest BCUT2D eigenvalue weighted by atomic mass is 19.1. The molecule has 1 aliphatic rings. The molecule has 0 spiro atoms. The average Bonchev–Trinajstić information content (AvgIpc) is 2.89. The molecule has 0 bridgehead atoms. The Kier molecular flexibility index (Phi) is 6.96. The average molecular weight is 550 g/mol. The molecule has 0 aliphatic carbocycles. The standard InChI is InChI=1S/C28H29F2N7O3/c1-14(2)22-24(15(3)8-9-32-22)37-27-16(12-18(30)23(33-27)21-17(29)6-5-7-20(21)38)26(34-28(37)40)36-11-10-35(4)13-19(36)25(31)39/h5-9,12,14,19,38H,10-11,13H2,1-4H3,(H2,31,39). The number of fused-ring (bicyclic) bond motifs is 1. The number of benzene rings is 1. The van der Waals surface area contributed by atoms with Crippen LogP contribution < -0.4 is 16.3 Å². The molecule has 3 aromatic heterocycles. The van der Waals surface area contributed by atoms with E-state index in [2.05, 4.69) is 15.0 Å². The van der Waals surface area contributed by atoms with Crippen molar-refractivity contribution < 1.29 is 18.7 Å². The Morgan fingerprint density at radius 2 is 1.90 bits per heavy atom. The summed E-state index contributed by atoms with van der Waals surface area (Å²) in [5, 5.41) is 10.5. The molecular weight excluding hydrogens is 520 g/mol. The van der Waals surface area contributed by atoms with Crippen LogP contribution in [0.3, 0.4) is 0 Å². The monoisotopic (exact) mass is 549 g/mol. The molecule has 1 aromatic carbocycles. The Balaban J connectivity index is 1.91. The van der Waals surface area contributed by atoms with Crippen LogP contribution in [0.25, 0.3) is 28.0 Å². The molecule has 5 rings (SSSR count). The number of aromatic nitrogens is 4. The number of carbonyl (C=O) groups is 1. The van der Waals surface area contributed by atoms with E-state index in [9.17, 15) is 19.1 Å². The number of hydrogen-bond acceptors (Lipinski definition) is 8. The second-order valence-electron chi connectivity index (χ2n) is 10.3. The van der Waals surface area contributed by atoms with Crippen molar-refractivity contribution in [2.24, 2.45) is 5.73 Å². The number of aromatic hydroxyl groups is 1. The van der Waals surface area contributed by atoms with Crippen LogP contribution >= 0.6 is 0 Å². The van der Waals surface area contributed by atoms with Crippen molar-refractivity contribution in [3.8, 4) is 22.7 Å². The fourth-order valence-corrected chi connectivity index (χ4v) is 5.15. The number of nitrogens with two attached hydrogens (primary N) is 1. The highest BCUT2D eigenvalue weighted by molar-refractivity contribution is 5.93. The van der Waals surface area contributed by atoms with Gasteiger partial charge in [0.05, 0.1) is 22.3 Å². The molecule has 10 nitrogen and oxygen atoms in total. The lowest BCUT2D eigenvalue weighted by atomic mass is 10.0. The first-order valence-electron chi connectivity index (χ1n) is 12.8. The van der Waals surface area contributed by atoms with Crippen LogP contribution in [-0.4, -0.2) is 68.2 Å². The first kappa shape index (κ1) is 27.1. The van der Waals surface area contributed by atoms with E-state index < -0.39 is 46.3 Å². The third kappa shape index (κ3) is 4.53. The van der Waals surface area contributed by atoms with Gasteiger partial charge in [-0.1, -0.05) is 19.9 Å². The lowest BCUT2D eigenvalue weighted by Gasteiger charge is -2.39. The number of anilines is 1. The molecule has 0 radical (unpaired) electrons. The van der Waals surface area contributed by atoms with E-state index >= 15 is 4.39 Å². The van der Waals surface area contributed by atoms with Gasteiger partial charge in [-0.15, -0.1) is 0 Å². The summed E-state index contributed by atoms with van der Waals surface area (Å²) in [5.41, 5.74) is 5.69. The van der Waals surface area contributed by atoms with Crippen LogP contribution in [0.5, 0.6) is 5.75 Å². The van der Waals surface area contributed by atoms with Crippen molar-refractivity contribution in [1.29, 1.82) is 0 Å². The molecule has 1 amide bonds. The van der Waals surface area contributed by atoms with Gasteiger partial charge in [-0.2, -0.15) is 4.98 Å². The van der Waals surface area contributed by atoms with Gasteiger partial charge in [0.2, 0.25) is 5.91 Å². The molecule has 1 fully saturated rings. The maximum absolute atomic E-state index is 15.8. The lowest BCUT2D eigenvalue weighted by Crippen LogP contribution is -2.58. The van der Waals surface area contributed by atoms with Crippen LogP contribution in [0.4, 0.5) is 14.6 Å². The van der Waals surface area contributed by atoms with Crippen LogP contribution in [-0.2, 0) is 4.79 Å². The minimum Gasteiger partial charge on any atom is -0.507 e. The van der Waals surface area contributed by atoms with Crippen LogP contribution in [0.2, 0.25) is 0 Å². The van der Waals surface area contributed by atoms with Gasteiger partial charge in [-0.25, -0.2) is 23.1 Å². The van der Waals surface area contributed by atoms with E-state index in [0.29, 0.717) is 23.5 Å². The summed E-state index contributed by atoms with van der Waals surface area (Å²) in [6.07, 6.45) is 1.63. The number of aryl methyl sites for hydroxylation is 1. The number of likely N-dealkylation sites (N-methyl/N-ethyl adjacent to an activating group) is 1. The quantitative estimate of drug-likeness (QED) is 0.389. The molecule has 1 unspecified atom stereocenters. The Morgan fingerprint density at radius 3 is 2.58 bits per heavy atom. The Morgan fingerprint density at radius 1 is 1.15 bits per heavy atom. The zero-order valence-electron chi connectivity index (χ0n) is 22.5. The maximum atomic E-state index is 15.8. The van der Waals surface area contributed by atoms with Gasteiger partial charge < -0.3 is 20.6 Å². The Hall–Kier alpha value is -4.45. The zero-order chi connectivity index (χ0) is 28.9. The van der Waals surface area contributed by atoms with E-state index in [1.54, 1.807) is 24.1 Å². The molecule has 3 N–H and O–H groups in total. The van der Waals surface area contributed by atoms with E-state index in [-0.39, 0.29) is 35.9 Å². The second-order valence-corrected chi connectivity index (χ2v) is 10.3. The number of carbonyl (C=O) groups excluding carboxylic acids is 1. The third-order valence-corrected chi connectivity index (χ3v) is 7.14. The van der Waals surface area contributed by atoms with E-state index in [1.807, 2.05) is 25.8 Å². The number of amides is 1. The third-order valence-electron chi connectivity index (χ3n) is 7.14.